The van der Waals surface area contributed by atoms with Crippen LogP contribution in [0.4, 0.5) is 5.69 Å². The van der Waals surface area contributed by atoms with Crippen molar-refractivity contribution in [2.24, 2.45) is 5.10 Å². The molecule has 9 heteroatoms. The van der Waals surface area contributed by atoms with Gasteiger partial charge >= 0.3 is 0 Å². The smallest absolute Gasteiger partial charge is 0.271 e. The van der Waals surface area contributed by atoms with Crippen LogP contribution in [0.3, 0.4) is 0 Å². The summed E-state index contributed by atoms with van der Waals surface area (Å²) < 4.78 is 16.6. The third-order valence-electron chi connectivity index (χ3n) is 4.40. The van der Waals surface area contributed by atoms with E-state index in [1.807, 2.05) is 18.2 Å². The number of carbonyl (C=O) groups is 2. The second-order valence-corrected chi connectivity index (χ2v) is 7.52. The minimum atomic E-state index is -0.393. The molecule has 0 heterocycles. The molecule has 8 nitrogen and oxygen atoms in total. The van der Waals surface area contributed by atoms with Crippen LogP contribution in [-0.2, 0) is 4.79 Å². The number of benzene rings is 3. The van der Waals surface area contributed by atoms with Crippen LogP contribution in [0.1, 0.15) is 15.9 Å². The van der Waals surface area contributed by atoms with Crippen LogP contribution in [0.25, 0.3) is 0 Å². The molecule has 0 atom stereocenters. The number of methoxy groups -OCH3 is 2. The minimum absolute atomic E-state index is 0.137. The van der Waals surface area contributed by atoms with Crippen LogP contribution in [0.5, 0.6) is 17.2 Å². The number of para-hydroxylation sites is 1. The fraction of sp³-hybridized carbons (Fsp3) is 0.125. The highest BCUT2D eigenvalue weighted by molar-refractivity contribution is 9.10. The highest BCUT2D eigenvalue weighted by Gasteiger charge is 2.10. The lowest BCUT2D eigenvalue weighted by molar-refractivity contribution is -0.118. The zero-order valence-electron chi connectivity index (χ0n) is 18.0. The summed E-state index contributed by atoms with van der Waals surface area (Å²) >= 11 is 3.42. The lowest BCUT2D eigenvalue weighted by atomic mass is 10.2. The maximum atomic E-state index is 12.3. The minimum Gasteiger partial charge on any atom is -0.493 e. The molecule has 0 aliphatic heterocycles. The Labute approximate surface area is 199 Å². The summed E-state index contributed by atoms with van der Waals surface area (Å²) in [4.78, 5) is 24.4. The van der Waals surface area contributed by atoms with Crippen LogP contribution in [0.2, 0.25) is 0 Å². The van der Waals surface area contributed by atoms with E-state index in [9.17, 15) is 9.59 Å². The lowest BCUT2D eigenvalue weighted by Gasteiger charge is -2.09. The van der Waals surface area contributed by atoms with E-state index >= 15 is 0 Å². The molecule has 0 aliphatic rings. The molecular formula is C24H22BrN3O5. The van der Waals surface area contributed by atoms with Crippen LogP contribution in [-0.4, -0.2) is 38.9 Å². The van der Waals surface area contributed by atoms with Crippen molar-refractivity contribution in [2.45, 2.75) is 0 Å². The molecule has 0 saturated heterocycles. The Balaban J connectivity index is 1.54. The Bertz CT molecular complexity index is 1150. The predicted octanol–water partition coefficient (Wildman–Crippen LogP) is 4.25. The van der Waals surface area contributed by atoms with Gasteiger partial charge in [-0.05, 0) is 70.0 Å². The van der Waals surface area contributed by atoms with Crippen LogP contribution < -0.4 is 25.0 Å². The molecule has 0 saturated carbocycles. The Hall–Kier alpha value is -3.85. The third kappa shape index (κ3) is 6.81. The molecule has 2 N–H and O–H groups in total. The van der Waals surface area contributed by atoms with Gasteiger partial charge in [0.2, 0.25) is 0 Å². The van der Waals surface area contributed by atoms with Crippen molar-refractivity contribution in [1.29, 1.82) is 0 Å². The molecule has 0 fully saturated rings. The van der Waals surface area contributed by atoms with Crippen molar-refractivity contribution in [3.8, 4) is 17.2 Å². The van der Waals surface area contributed by atoms with Crippen molar-refractivity contribution in [2.75, 3.05) is 26.1 Å². The number of amides is 2. The number of nitrogens with one attached hydrogen (secondary N) is 2. The predicted molar refractivity (Wildman–Crippen MR) is 129 cm³/mol. The first kappa shape index (κ1) is 23.8. The van der Waals surface area contributed by atoms with Crippen molar-refractivity contribution in [3.63, 3.8) is 0 Å². The van der Waals surface area contributed by atoms with Crippen LogP contribution >= 0.6 is 15.9 Å². The molecule has 0 spiro atoms. The van der Waals surface area contributed by atoms with E-state index < -0.39 is 5.91 Å². The molecule has 0 aromatic heterocycles. The van der Waals surface area contributed by atoms with Gasteiger partial charge < -0.3 is 19.5 Å². The number of ether oxygens (including phenoxy) is 3. The van der Waals surface area contributed by atoms with Crippen LogP contribution in [0.15, 0.2) is 76.3 Å². The van der Waals surface area contributed by atoms with Gasteiger partial charge in [0, 0.05) is 11.3 Å². The number of hydrazone groups is 1. The molecule has 3 rings (SSSR count). The first-order valence-corrected chi connectivity index (χ1v) is 10.6. The van der Waals surface area contributed by atoms with E-state index in [4.69, 9.17) is 14.2 Å². The van der Waals surface area contributed by atoms with E-state index in [0.29, 0.717) is 33.0 Å². The van der Waals surface area contributed by atoms with Crippen molar-refractivity contribution < 1.29 is 23.8 Å². The normalized spacial score (nSPS) is 10.5. The van der Waals surface area contributed by atoms with Gasteiger partial charge in [-0.25, -0.2) is 5.43 Å². The first-order valence-electron chi connectivity index (χ1n) is 9.83. The number of halogens is 1. The molecule has 2 amide bonds. The largest absolute Gasteiger partial charge is 0.493 e. The SMILES string of the molecule is COc1ccc(C(=O)N/N=C/c2ccc(OCC(=O)Nc3ccccc3)c(Br)c2)cc1OC. The van der Waals surface area contributed by atoms with E-state index in [2.05, 4.69) is 31.8 Å². The first-order chi connectivity index (χ1) is 16.0. The molecule has 0 unspecified atom stereocenters. The highest BCUT2D eigenvalue weighted by Crippen LogP contribution is 2.27. The van der Waals surface area contributed by atoms with Gasteiger partial charge in [-0.2, -0.15) is 5.10 Å². The Kier molecular flexibility index (Phi) is 8.43. The fourth-order valence-corrected chi connectivity index (χ4v) is 3.29. The van der Waals surface area contributed by atoms with Gasteiger partial charge in [-0.15, -0.1) is 0 Å². The van der Waals surface area contributed by atoms with Gasteiger partial charge in [0.15, 0.2) is 18.1 Å². The third-order valence-corrected chi connectivity index (χ3v) is 5.02. The Morgan fingerprint density at radius 2 is 1.67 bits per heavy atom. The van der Waals surface area contributed by atoms with Crippen molar-refractivity contribution in [3.05, 3.63) is 82.3 Å². The summed E-state index contributed by atoms with van der Waals surface area (Å²) in [6.07, 6.45) is 1.50. The quantitative estimate of drug-likeness (QED) is 0.330. The maximum absolute atomic E-state index is 12.3. The fourth-order valence-electron chi connectivity index (χ4n) is 2.78. The van der Waals surface area contributed by atoms with Gasteiger partial charge in [-0.3, -0.25) is 9.59 Å². The van der Waals surface area contributed by atoms with Gasteiger partial charge in [0.05, 0.1) is 24.9 Å². The Morgan fingerprint density at radius 3 is 2.36 bits per heavy atom. The molecule has 33 heavy (non-hydrogen) atoms. The number of hydrogen-bond donors (Lipinski definition) is 2. The van der Waals surface area contributed by atoms with E-state index in [1.165, 1.54) is 20.4 Å². The summed E-state index contributed by atoms with van der Waals surface area (Å²) in [5.41, 5.74) is 4.27. The zero-order chi connectivity index (χ0) is 23.6. The van der Waals surface area contributed by atoms with Crippen molar-refractivity contribution >= 4 is 39.6 Å². The summed E-state index contributed by atoms with van der Waals surface area (Å²) in [7, 11) is 3.02. The number of carbonyl (C=O) groups excluding carboxylic acids is 2. The van der Waals surface area contributed by atoms with E-state index in [-0.39, 0.29) is 12.5 Å². The monoisotopic (exact) mass is 511 g/mol. The second-order valence-electron chi connectivity index (χ2n) is 6.66. The Morgan fingerprint density at radius 1 is 0.939 bits per heavy atom. The molecule has 3 aromatic rings. The molecule has 0 bridgehead atoms. The molecule has 0 radical (unpaired) electrons. The van der Waals surface area contributed by atoms with Gasteiger partial charge in [0.25, 0.3) is 11.8 Å². The topological polar surface area (TPSA) is 98.3 Å². The average Bonchev–Trinajstić information content (AvgIpc) is 2.83. The summed E-state index contributed by atoms with van der Waals surface area (Å²) in [5, 5.41) is 6.74. The molecule has 170 valence electrons. The standard InChI is InChI=1S/C24H22BrN3O5/c1-31-21-11-9-17(13-22(21)32-2)24(30)28-26-14-16-8-10-20(19(25)12-16)33-15-23(29)27-18-6-4-3-5-7-18/h3-14H,15H2,1-2H3,(H,27,29)(H,28,30)/b26-14+. The number of anilines is 1. The summed E-state index contributed by atoms with van der Waals surface area (Å²) in [6.45, 7) is -0.137. The number of rotatable bonds is 9. The lowest BCUT2D eigenvalue weighted by Crippen LogP contribution is -2.20. The second kappa shape index (κ2) is 11.7. The molecular weight excluding hydrogens is 490 g/mol. The summed E-state index contributed by atoms with van der Waals surface area (Å²) in [5.74, 6) is 0.824. The average molecular weight is 512 g/mol. The summed E-state index contributed by atoms with van der Waals surface area (Å²) in [6, 6.07) is 19.2. The zero-order valence-corrected chi connectivity index (χ0v) is 19.6. The van der Waals surface area contributed by atoms with E-state index in [1.54, 1.807) is 48.5 Å². The van der Waals surface area contributed by atoms with Gasteiger partial charge in [0.1, 0.15) is 5.75 Å². The van der Waals surface area contributed by atoms with Gasteiger partial charge in [-0.1, -0.05) is 18.2 Å². The molecule has 0 aliphatic carbocycles. The number of nitrogens with zero attached hydrogens (tertiary/aromatic N) is 1. The van der Waals surface area contributed by atoms with Crippen LogP contribution in [0, 0.1) is 0 Å². The van der Waals surface area contributed by atoms with Crippen molar-refractivity contribution in [1.82, 2.24) is 5.43 Å². The number of hydrogen-bond acceptors (Lipinski definition) is 6. The highest BCUT2D eigenvalue weighted by atomic mass is 79.9. The molecule has 3 aromatic carbocycles. The maximum Gasteiger partial charge on any atom is 0.271 e. The van der Waals surface area contributed by atoms with E-state index in [0.717, 1.165) is 5.56 Å².